The number of fused-ring (bicyclic) bond motifs is 1. The van der Waals surface area contributed by atoms with Crippen molar-refractivity contribution >= 4 is 39.0 Å². The van der Waals surface area contributed by atoms with Gasteiger partial charge < -0.3 is 21.1 Å². The van der Waals surface area contributed by atoms with Crippen LogP contribution in [0, 0.1) is 13.8 Å². The summed E-state index contributed by atoms with van der Waals surface area (Å²) < 4.78 is 1.03. The van der Waals surface area contributed by atoms with Crippen molar-refractivity contribution in [2.75, 3.05) is 30.4 Å². The molecule has 0 radical (unpaired) electrons. The Hall–Kier alpha value is -3.14. The molecule has 0 spiro atoms. The van der Waals surface area contributed by atoms with Gasteiger partial charge >= 0.3 is 0 Å². The van der Waals surface area contributed by atoms with E-state index >= 15 is 0 Å². The average molecular weight is 450 g/mol. The molecular weight excluding hydrogens is 422 g/mol. The zero-order valence-corrected chi connectivity index (χ0v) is 19.2. The lowest BCUT2D eigenvalue weighted by Gasteiger charge is -2.20. The van der Waals surface area contributed by atoms with E-state index in [0.717, 1.165) is 76.1 Å². The predicted octanol–water partition coefficient (Wildman–Crippen LogP) is 3.65. The molecule has 1 fully saturated rings. The summed E-state index contributed by atoms with van der Waals surface area (Å²) in [5.41, 5.74) is 10.1. The Kier molecular flexibility index (Phi) is 6.59. The van der Waals surface area contributed by atoms with E-state index in [4.69, 9.17) is 20.8 Å². The largest absolute Gasteiger partial charge is 0.400 e. The van der Waals surface area contributed by atoms with Gasteiger partial charge in [-0.2, -0.15) is 0 Å². The van der Waals surface area contributed by atoms with E-state index in [1.165, 1.54) is 0 Å². The van der Waals surface area contributed by atoms with E-state index in [-0.39, 0.29) is 6.04 Å². The number of aliphatic hydroxyl groups excluding tert-OH is 1. The van der Waals surface area contributed by atoms with Crippen LogP contribution >= 0.6 is 11.3 Å². The minimum atomic E-state index is 0.216. The average Bonchev–Trinajstić information content (AvgIpc) is 3.42. The van der Waals surface area contributed by atoms with E-state index in [1.807, 2.05) is 37.4 Å². The van der Waals surface area contributed by atoms with Gasteiger partial charge in [-0.3, -0.25) is 4.98 Å². The summed E-state index contributed by atoms with van der Waals surface area (Å²) in [4.78, 5) is 20.9. The molecule has 0 aromatic carbocycles. The van der Waals surface area contributed by atoms with Crippen LogP contribution in [0.3, 0.4) is 0 Å². The topological polar surface area (TPSA) is 113 Å². The third-order valence-corrected chi connectivity index (χ3v) is 6.35. The third-order valence-electron chi connectivity index (χ3n) is 5.34. The van der Waals surface area contributed by atoms with Gasteiger partial charge in [0.15, 0.2) is 0 Å². The highest BCUT2D eigenvalue weighted by molar-refractivity contribution is 7.21. The molecule has 166 valence electrons. The monoisotopic (exact) mass is 449 g/mol. The molecule has 4 N–H and O–H groups in total. The molecule has 1 unspecified atom stereocenters. The first-order chi connectivity index (χ1) is 15.6. The van der Waals surface area contributed by atoms with Crippen molar-refractivity contribution in [1.29, 1.82) is 0 Å². The number of thiazole rings is 1. The molecule has 0 aliphatic carbocycles. The van der Waals surface area contributed by atoms with Crippen molar-refractivity contribution in [1.82, 2.24) is 19.9 Å². The van der Waals surface area contributed by atoms with Crippen molar-refractivity contribution in [3.05, 3.63) is 53.9 Å². The number of nitrogens with zero attached hydrogens (tertiary/aromatic N) is 5. The number of hydrogen-bond donors (Lipinski definition) is 3. The molecule has 0 saturated carbocycles. The van der Waals surface area contributed by atoms with Crippen LogP contribution in [0.5, 0.6) is 0 Å². The van der Waals surface area contributed by atoms with Crippen LogP contribution in [0.4, 0.5) is 17.5 Å². The maximum absolute atomic E-state index is 7.00. The standard InChI is InChI=1S/C22H23N7S.CH4O/c1-13-4-3-8-24-20(13)22-26-16-10-19(25-11-17(16)30-22)27-18-6-5-14(2)21(28-18)29-9-7-15(23)12-29;1-2/h3-6,8,10-11,15H,7,9,12,23H2,1-2H3,(H,25,27,28);2H,1H3. The highest BCUT2D eigenvalue weighted by atomic mass is 32.1. The predicted molar refractivity (Wildman–Crippen MR) is 131 cm³/mol. The zero-order chi connectivity index (χ0) is 22.7. The first-order valence-electron chi connectivity index (χ1n) is 10.5. The molecule has 4 aromatic heterocycles. The molecule has 1 aliphatic heterocycles. The fourth-order valence-electron chi connectivity index (χ4n) is 3.73. The lowest BCUT2D eigenvalue weighted by atomic mass is 10.2. The van der Waals surface area contributed by atoms with Gasteiger partial charge in [-0.1, -0.05) is 12.1 Å². The molecule has 9 heteroatoms. The number of rotatable bonds is 4. The Balaban J connectivity index is 0.00000119. The van der Waals surface area contributed by atoms with Crippen LogP contribution < -0.4 is 16.0 Å². The number of aliphatic hydroxyl groups is 1. The molecule has 32 heavy (non-hydrogen) atoms. The number of hydrogen-bond acceptors (Lipinski definition) is 9. The minimum absolute atomic E-state index is 0.216. The maximum atomic E-state index is 7.00. The van der Waals surface area contributed by atoms with Crippen LogP contribution in [-0.2, 0) is 0 Å². The molecule has 5 rings (SSSR count). The van der Waals surface area contributed by atoms with E-state index in [0.29, 0.717) is 0 Å². The van der Waals surface area contributed by atoms with Crippen molar-refractivity contribution in [3.63, 3.8) is 0 Å². The van der Waals surface area contributed by atoms with Crippen LogP contribution in [0.15, 0.2) is 42.7 Å². The second-order valence-electron chi connectivity index (χ2n) is 7.68. The van der Waals surface area contributed by atoms with E-state index in [1.54, 1.807) is 17.5 Å². The Morgan fingerprint density at radius 3 is 2.69 bits per heavy atom. The fraction of sp³-hybridized carbons (Fsp3) is 0.304. The number of nitrogens with one attached hydrogen (secondary N) is 1. The lowest BCUT2D eigenvalue weighted by molar-refractivity contribution is 0.399. The van der Waals surface area contributed by atoms with Gasteiger partial charge in [0.25, 0.3) is 0 Å². The van der Waals surface area contributed by atoms with Gasteiger partial charge in [-0.25, -0.2) is 15.0 Å². The molecule has 5 heterocycles. The summed E-state index contributed by atoms with van der Waals surface area (Å²) in [7, 11) is 1.00. The summed E-state index contributed by atoms with van der Waals surface area (Å²) in [6.07, 6.45) is 4.65. The molecule has 1 saturated heterocycles. The molecule has 8 nitrogen and oxygen atoms in total. The molecule has 1 aliphatic rings. The molecule has 4 aromatic rings. The number of aryl methyl sites for hydroxylation is 2. The first kappa shape index (κ1) is 22.1. The number of pyridine rings is 3. The van der Waals surface area contributed by atoms with Crippen molar-refractivity contribution in [2.45, 2.75) is 26.3 Å². The van der Waals surface area contributed by atoms with Gasteiger partial charge in [0, 0.05) is 44.7 Å². The smallest absolute Gasteiger partial charge is 0.143 e. The molecular formula is C23H27N7OS. The van der Waals surface area contributed by atoms with Crippen LogP contribution in [-0.4, -0.2) is 51.3 Å². The maximum Gasteiger partial charge on any atom is 0.143 e. The summed E-state index contributed by atoms with van der Waals surface area (Å²) >= 11 is 1.60. The molecule has 1 atom stereocenters. The first-order valence-corrected chi connectivity index (χ1v) is 11.3. The number of aromatic nitrogens is 4. The Labute approximate surface area is 191 Å². The second kappa shape index (κ2) is 9.56. The number of anilines is 3. The van der Waals surface area contributed by atoms with Gasteiger partial charge in [-0.05, 0) is 43.5 Å². The van der Waals surface area contributed by atoms with Crippen molar-refractivity contribution < 1.29 is 5.11 Å². The van der Waals surface area contributed by atoms with Crippen LogP contribution in [0.25, 0.3) is 20.9 Å². The normalized spacial score (nSPS) is 15.5. The lowest BCUT2D eigenvalue weighted by Crippen LogP contribution is -2.27. The number of nitrogens with two attached hydrogens (primary N) is 1. The Bertz CT molecular complexity index is 1230. The van der Waals surface area contributed by atoms with Crippen molar-refractivity contribution in [2.24, 2.45) is 5.73 Å². The summed E-state index contributed by atoms with van der Waals surface area (Å²) in [5.74, 6) is 2.46. The molecule has 0 bridgehead atoms. The Morgan fingerprint density at radius 2 is 1.94 bits per heavy atom. The van der Waals surface area contributed by atoms with Crippen LogP contribution in [0.1, 0.15) is 17.5 Å². The minimum Gasteiger partial charge on any atom is -0.400 e. The second-order valence-corrected chi connectivity index (χ2v) is 8.71. The van der Waals surface area contributed by atoms with E-state index in [9.17, 15) is 0 Å². The van der Waals surface area contributed by atoms with E-state index in [2.05, 4.69) is 33.2 Å². The summed E-state index contributed by atoms with van der Waals surface area (Å²) in [6, 6.07) is 10.2. The fourth-order valence-corrected chi connectivity index (χ4v) is 4.71. The summed E-state index contributed by atoms with van der Waals surface area (Å²) in [6.45, 7) is 5.91. The quantitative estimate of drug-likeness (QED) is 0.433. The Morgan fingerprint density at radius 1 is 1.09 bits per heavy atom. The van der Waals surface area contributed by atoms with Gasteiger partial charge in [0.1, 0.15) is 28.2 Å². The highest BCUT2D eigenvalue weighted by Gasteiger charge is 2.22. The highest BCUT2D eigenvalue weighted by Crippen LogP contribution is 2.32. The van der Waals surface area contributed by atoms with E-state index < -0.39 is 0 Å². The van der Waals surface area contributed by atoms with Gasteiger partial charge in [0.2, 0.25) is 0 Å². The van der Waals surface area contributed by atoms with Crippen molar-refractivity contribution in [3.8, 4) is 10.7 Å². The van der Waals surface area contributed by atoms with Gasteiger partial charge in [-0.15, -0.1) is 11.3 Å². The third kappa shape index (κ3) is 4.55. The SMILES string of the molecule is CO.Cc1cccnc1-c1nc2cc(Nc3ccc(C)c(N4CCC(N)C4)n3)ncc2s1. The zero-order valence-electron chi connectivity index (χ0n) is 18.4. The van der Waals surface area contributed by atoms with Crippen LogP contribution in [0.2, 0.25) is 0 Å². The molecule has 0 amide bonds. The van der Waals surface area contributed by atoms with Gasteiger partial charge in [0.05, 0.1) is 10.2 Å². The summed E-state index contributed by atoms with van der Waals surface area (Å²) in [5, 5.41) is 11.2.